The quantitative estimate of drug-likeness (QED) is 0.719. The maximum absolute atomic E-state index is 13.1. The number of nitrogens with zero attached hydrogens (tertiary/aromatic N) is 1. The number of anilines is 1. The number of rotatable bonds is 6. The second-order valence-corrected chi connectivity index (χ2v) is 11.0. The molecule has 0 unspecified atom stereocenters. The van der Waals surface area contributed by atoms with Gasteiger partial charge in [0.25, 0.3) is 0 Å². The Labute approximate surface area is 176 Å². The van der Waals surface area contributed by atoms with Crippen molar-refractivity contribution in [3.8, 4) is 5.75 Å². The van der Waals surface area contributed by atoms with E-state index in [0.717, 1.165) is 6.26 Å². The molecule has 3 rings (SSSR count). The molecule has 1 aliphatic heterocycles. The molecule has 8 nitrogen and oxygen atoms in total. The molecule has 162 valence electrons. The number of benzene rings is 2. The molecular formula is C20H24N2O6S2. The largest absolute Gasteiger partial charge is 0.495 e. The monoisotopic (exact) mass is 452 g/mol. The molecule has 1 N–H and O–H groups in total. The molecule has 2 aromatic carbocycles. The van der Waals surface area contributed by atoms with Gasteiger partial charge in [0.15, 0.2) is 9.84 Å². The Morgan fingerprint density at radius 1 is 0.967 bits per heavy atom. The summed E-state index contributed by atoms with van der Waals surface area (Å²) in [5.41, 5.74) is 0.558. The summed E-state index contributed by atoms with van der Waals surface area (Å²) >= 11 is 0. The second-order valence-electron chi connectivity index (χ2n) is 7.09. The normalized spacial score (nSPS) is 16.2. The summed E-state index contributed by atoms with van der Waals surface area (Å²) in [7, 11) is -6.18. The molecule has 1 saturated heterocycles. The van der Waals surface area contributed by atoms with Crippen molar-refractivity contribution < 1.29 is 26.4 Å². The molecule has 2 aromatic rings. The maximum atomic E-state index is 13.1. The SMILES string of the molecule is COc1ccccc1NC(=O)C1CCN(S(=O)(=O)c2ccccc2S(C)(=O)=O)CC1. The van der Waals surface area contributed by atoms with Crippen LogP contribution in [-0.2, 0) is 24.7 Å². The van der Waals surface area contributed by atoms with E-state index in [2.05, 4.69) is 5.32 Å². The van der Waals surface area contributed by atoms with Crippen molar-refractivity contribution in [1.29, 1.82) is 0 Å². The fourth-order valence-corrected chi connectivity index (χ4v) is 6.52. The standard InChI is InChI=1S/C20H24N2O6S2/c1-28-17-8-4-3-7-16(17)21-20(23)15-11-13-22(14-12-15)30(26,27)19-10-6-5-9-18(19)29(2,24)25/h3-10,15H,11-14H2,1-2H3,(H,21,23). The van der Waals surface area contributed by atoms with E-state index in [0.29, 0.717) is 24.3 Å². The Kier molecular flexibility index (Phi) is 6.49. The fourth-order valence-electron chi connectivity index (χ4n) is 3.45. The Morgan fingerprint density at radius 2 is 1.53 bits per heavy atom. The molecule has 0 radical (unpaired) electrons. The maximum Gasteiger partial charge on any atom is 0.244 e. The van der Waals surface area contributed by atoms with Crippen LogP contribution in [0.25, 0.3) is 0 Å². The summed E-state index contributed by atoms with van der Waals surface area (Å²) in [5.74, 6) is -0.0113. The smallest absolute Gasteiger partial charge is 0.244 e. The average molecular weight is 453 g/mol. The first kappa shape index (κ1) is 22.3. The molecule has 1 fully saturated rings. The lowest BCUT2D eigenvalue weighted by Crippen LogP contribution is -2.41. The highest BCUT2D eigenvalue weighted by atomic mass is 32.2. The van der Waals surface area contributed by atoms with Crippen LogP contribution >= 0.6 is 0 Å². The molecule has 1 amide bonds. The van der Waals surface area contributed by atoms with E-state index in [1.54, 1.807) is 24.3 Å². The third-order valence-corrected chi connectivity index (χ3v) is 8.30. The van der Waals surface area contributed by atoms with Gasteiger partial charge in [-0.25, -0.2) is 16.8 Å². The first-order chi connectivity index (χ1) is 14.1. The van der Waals surface area contributed by atoms with Crippen molar-refractivity contribution in [3.05, 3.63) is 48.5 Å². The number of hydrogen-bond acceptors (Lipinski definition) is 6. The van der Waals surface area contributed by atoms with Gasteiger partial charge in [0.2, 0.25) is 15.9 Å². The van der Waals surface area contributed by atoms with Crippen LogP contribution < -0.4 is 10.1 Å². The van der Waals surface area contributed by atoms with Gasteiger partial charge in [0, 0.05) is 25.3 Å². The summed E-state index contributed by atoms with van der Waals surface area (Å²) in [6.45, 7) is 0.259. The van der Waals surface area contributed by atoms with Crippen LogP contribution in [0.5, 0.6) is 5.75 Å². The van der Waals surface area contributed by atoms with Crippen molar-refractivity contribution in [2.45, 2.75) is 22.6 Å². The van der Waals surface area contributed by atoms with Crippen molar-refractivity contribution in [3.63, 3.8) is 0 Å². The van der Waals surface area contributed by atoms with Crippen molar-refractivity contribution >= 4 is 31.5 Å². The summed E-state index contributed by atoms with van der Waals surface area (Å²) in [5, 5.41) is 2.83. The molecule has 10 heteroatoms. The molecule has 0 aromatic heterocycles. The third kappa shape index (κ3) is 4.66. The predicted octanol–water partition coefficient (Wildman–Crippen LogP) is 2.14. The Morgan fingerprint density at radius 3 is 2.13 bits per heavy atom. The van der Waals surface area contributed by atoms with Gasteiger partial charge < -0.3 is 10.1 Å². The minimum absolute atomic E-state index is 0.129. The number of ether oxygens (including phenoxy) is 1. The Balaban J connectivity index is 1.72. The summed E-state index contributed by atoms with van der Waals surface area (Å²) < 4.78 is 56.6. The lowest BCUT2D eigenvalue weighted by Gasteiger charge is -2.31. The molecule has 30 heavy (non-hydrogen) atoms. The number of hydrogen-bond donors (Lipinski definition) is 1. The summed E-state index contributed by atoms with van der Waals surface area (Å²) in [6, 6.07) is 12.6. The van der Waals surface area contributed by atoms with Gasteiger partial charge in [-0.15, -0.1) is 0 Å². The van der Waals surface area contributed by atoms with Gasteiger partial charge in [-0.2, -0.15) is 4.31 Å². The molecule has 0 aliphatic carbocycles. The fraction of sp³-hybridized carbons (Fsp3) is 0.350. The lowest BCUT2D eigenvalue weighted by atomic mass is 9.97. The number of amides is 1. The first-order valence-corrected chi connectivity index (χ1v) is 12.7. The second kappa shape index (κ2) is 8.75. The number of carbonyl (C=O) groups is 1. The van der Waals surface area contributed by atoms with Gasteiger partial charge in [-0.1, -0.05) is 24.3 Å². The summed E-state index contributed by atoms with van der Waals surface area (Å²) in [4.78, 5) is 12.2. The lowest BCUT2D eigenvalue weighted by molar-refractivity contribution is -0.120. The predicted molar refractivity (Wildman–Crippen MR) is 113 cm³/mol. The van der Waals surface area contributed by atoms with E-state index in [9.17, 15) is 21.6 Å². The van der Waals surface area contributed by atoms with E-state index >= 15 is 0 Å². The topological polar surface area (TPSA) is 110 Å². The van der Waals surface area contributed by atoms with E-state index < -0.39 is 19.9 Å². The van der Waals surface area contributed by atoms with Crippen molar-refractivity contribution in [2.24, 2.45) is 5.92 Å². The number of sulfone groups is 1. The van der Waals surface area contributed by atoms with E-state index in [4.69, 9.17) is 4.74 Å². The number of sulfonamides is 1. The number of piperidine rings is 1. The Bertz CT molecular complexity index is 1140. The molecule has 0 atom stereocenters. The van der Waals surface area contributed by atoms with E-state index in [-0.39, 0.29) is 34.7 Å². The van der Waals surface area contributed by atoms with E-state index in [1.165, 1.54) is 35.7 Å². The van der Waals surface area contributed by atoms with Crippen molar-refractivity contribution in [2.75, 3.05) is 31.8 Å². The zero-order valence-corrected chi connectivity index (χ0v) is 18.4. The van der Waals surface area contributed by atoms with Gasteiger partial charge in [-0.05, 0) is 37.1 Å². The highest BCUT2D eigenvalue weighted by Crippen LogP contribution is 2.29. The van der Waals surface area contributed by atoms with Crippen LogP contribution in [0.2, 0.25) is 0 Å². The number of para-hydroxylation sites is 2. The molecule has 0 saturated carbocycles. The molecule has 1 heterocycles. The molecule has 0 bridgehead atoms. The average Bonchev–Trinajstić information content (AvgIpc) is 2.73. The van der Waals surface area contributed by atoms with Crippen LogP contribution in [0, 0.1) is 5.92 Å². The van der Waals surface area contributed by atoms with Gasteiger partial charge in [-0.3, -0.25) is 4.79 Å². The first-order valence-electron chi connectivity index (χ1n) is 9.37. The van der Waals surface area contributed by atoms with Gasteiger partial charge >= 0.3 is 0 Å². The van der Waals surface area contributed by atoms with Crippen LogP contribution in [0.1, 0.15) is 12.8 Å². The highest BCUT2D eigenvalue weighted by Gasteiger charge is 2.34. The molecule has 0 spiro atoms. The highest BCUT2D eigenvalue weighted by molar-refractivity contribution is 7.93. The van der Waals surface area contributed by atoms with E-state index in [1.807, 2.05) is 0 Å². The van der Waals surface area contributed by atoms with Crippen LogP contribution in [-0.4, -0.2) is 53.5 Å². The zero-order chi connectivity index (χ0) is 21.9. The van der Waals surface area contributed by atoms with Gasteiger partial charge in [0.05, 0.1) is 17.7 Å². The Hall–Kier alpha value is -2.43. The third-order valence-electron chi connectivity index (χ3n) is 5.06. The number of methoxy groups -OCH3 is 1. The minimum atomic E-state index is -3.99. The summed E-state index contributed by atoms with van der Waals surface area (Å²) in [6.07, 6.45) is 1.65. The number of carbonyl (C=O) groups excluding carboxylic acids is 1. The van der Waals surface area contributed by atoms with Crippen LogP contribution in [0.3, 0.4) is 0 Å². The zero-order valence-electron chi connectivity index (χ0n) is 16.7. The van der Waals surface area contributed by atoms with Gasteiger partial charge in [0.1, 0.15) is 10.6 Å². The molecule has 1 aliphatic rings. The molecular weight excluding hydrogens is 428 g/mol. The number of nitrogens with one attached hydrogen (secondary N) is 1. The van der Waals surface area contributed by atoms with Crippen molar-refractivity contribution in [1.82, 2.24) is 4.31 Å². The van der Waals surface area contributed by atoms with Crippen LogP contribution in [0.4, 0.5) is 5.69 Å². The van der Waals surface area contributed by atoms with Crippen LogP contribution in [0.15, 0.2) is 58.3 Å². The minimum Gasteiger partial charge on any atom is -0.495 e.